The van der Waals surface area contributed by atoms with E-state index in [1.807, 2.05) is 18.3 Å². The first-order valence-corrected chi connectivity index (χ1v) is 4.86. The predicted molar refractivity (Wildman–Crippen MR) is 55.6 cm³/mol. The maximum Gasteiger partial charge on any atom is 0.213 e. The first kappa shape index (κ1) is 9.27. The molecule has 0 unspecified atom stereocenters. The van der Waals surface area contributed by atoms with Gasteiger partial charge in [-0.05, 0) is 19.0 Å². The molecule has 76 valence electrons. The first-order chi connectivity index (χ1) is 6.90. The lowest BCUT2D eigenvalue weighted by Crippen LogP contribution is -2.41. The van der Waals surface area contributed by atoms with Crippen molar-refractivity contribution < 1.29 is 4.74 Å². The van der Waals surface area contributed by atoms with E-state index in [2.05, 4.69) is 15.2 Å². The molecule has 4 heteroatoms. The molecular formula is C10H15N3O. The van der Waals surface area contributed by atoms with E-state index in [1.165, 1.54) is 6.42 Å². The minimum atomic E-state index is 0.665. The first-order valence-electron chi connectivity index (χ1n) is 4.86. The summed E-state index contributed by atoms with van der Waals surface area (Å²) in [5, 5.41) is 3.33. The maximum atomic E-state index is 5.01. The smallest absolute Gasteiger partial charge is 0.213 e. The van der Waals surface area contributed by atoms with Crippen LogP contribution in [0.15, 0.2) is 18.3 Å². The van der Waals surface area contributed by atoms with Crippen molar-refractivity contribution in [3.05, 3.63) is 18.3 Å². The van der Waals surface area contributed by atoms with Crippen LogP contribution >= 0.6 is 0 Å². The molecule has 14 heavy (non-hydrogen) atoms. The van der Waals surface area contributed by atoms with Crippen LogP contribution in [0.3, 0.4) is 0 Å². The number of aromatic nitrogens is 1. The third kappa shape index (κ3) is 1.96. The van der Waals surface area contributed by atoms with Gasteiger partial charge in [0.25, 0.3) is 0 Å². The number of methoxy groups -OCH3 is 1. The quantitative estimate of drug-likeness (QED) is 0.755. The zero-order valence-electron chi connectivity index (χ0n) is 8.36. The zero-order chi connectivity index (χ0) is 9.80. The van der Waals surface area contributed by atoms with Crippen LogP contribution in [-0.4, -0.2) is 31.9 Å². The summed E-state index contributed by atoms with van der Waals surface area (Å²) in [5.74, 6) is 0.665. The van der Waals surface area contributed by atoms with Gasteiger partial charge in [-0.2, -0.15) is 0 Å². The third-order valence-electron chi connectivity index (χ3n) is 2.38. The normalized spacial score (nSPS) is 16.8. The zero-order valence-corrected chi connectivity index (χ0v) is 8.36. The van der Waals surface area contributed by atoms with Crippen LogP contribution in [0.1, 0.15) is 6.42 Å². The molecule has 0 spiro atoms. The van der Waals surface area contributed by atoms with Gasteiger partial charge in [0.2, 0.25) is 5.88 Å². The molecule has 4 nitrogen and oxygen atoms in total. The van der Waals surface area contributed by atoms with Crippen LogP contribution in [0.25, 0.3) is 0 Å². The third-order valence-corrected chi connectivity index (χ3v) is 2.38. The van der Waals surface area contributed by atoms with Crippen molar-refractivity contribution in [2.45, 2.75) is 6.42 Å². The highest BCUT2D eigenvalue weighted by Gasteiger charge is 2.10. The summed E-state index contributed by atoms with van der Waals surface area (Å²) in [6.07, 6.45) is 3.04. The summed E-state index contributed by atoms with van der Waals surface area (Å²) >= 11 is 0. The van der Waals surface area contributed by atoms with Gasteiger partial charge in [0.15, 0.2) is 0 Å². The maximum absolute atomic E-state index is 5.01. The van der Waals surface area contributed by atoms with Crippen molar-refractivity contribution >= 4 is 5.69 Å². The van der Waals surface area contributed by atoms with Gasteiger partial charge >= 0.3 is 0 Å². The van der Waals surface area contributed by atoms with E-state index in [1.54, 1.807) is 7.11 Å². The van der Waals surface area contributed by atoms with Crippen LogP contribution in [0.5, 0.6) is 5.88 Å². The summed E-state index contributed by atoms with van der Waals surface area (Å²) in [4.78, 5) is 6.45. The number of pyridine rings is 1. The molecule has 0 radical (unpaired) electrons. The van der Waals surface area contributed by atoms with Crippen LogP contribution < -0.4 is 15.0 Å². The van der Waals surface area contributed by atoms with Gasteiger partial charge in [0.1, 0.15) is 0 Å². The Hall–Kier alpha value is -1.29. The summed E-state index contributed by atoms with van der Waals surface area (Å²) < 4.78 is 5.01. The highest BCUT2D eigenvalue weighted by molar-refractivity contribution is 5.45. The Bertz CT molecular complexity index is 280. The molecule has 2 rings (SSSR count). The molecule has 0 saturated carbocycles. The Labute approximate surface area is 83.9 Å². The fourth-order valence-electron chi connectivity index (χ4n) is 1.59. The monoisotopic (exact) mass is 193 g/mol. The molecule has 0 aromatic carbocycles. The van der Waals surface area contributed by atoms with Gasteiger partial charge in [0, 0.05) is 12.6 Å². The summed E-state index contributed by atoms with van der Waals surface area (Å²) in [7, 11) is 1.63. The van der Waals surface area contributed by atoms with E-state index in [0.717, 1.165) is 25.4 Å². The Morgan fingerprint density at radius 3 is 3.00 bits per heavy atom. The van der Waals surface area contributed by atoms with Crippen molar-refractivity contribution in [3.63, 3.8) is 0 Å². The molecule has 1 aliphatic rings. The average molecular weight is 193 g/mol. The van der Waals surface area contributed by atoms with E-state index in [0.29, 0.717) is 5.88 Å². The summed E-state index contributed by atoms with van der Waals surface area (Å²) in [6, 6.07) is 3.93. The van der Waals surface area contributed by atoms with Crippen molar-refractivity contribution in [3.8, 4) is 5.88 Å². The summed E-state index contributed by atoms with van der Waals surface area (Å²) in [5.41, 5.74) is 1.15. The average Bonchev–Trinajstić information content (AvgIpc) is 2.30. The number of nitrogens with zero attached hydrogens (tertiary/aromatic N) is 2. The Morgan fingerprint density at radius 1 is 1.50 bits per heavy atom. The Morgan fingerprint density at radius 2 is 2.43 bits per heavy atom. The standard InChI is InChI=1S/C10H15N3O/c1-14-10-4-3-9(7-12-10)13-6-2-5-11-8-13/h3-4,7,11H,2,5-6,8H2,1H3. The van der Waals surface area contributed by atoms with E-state index < -0.39 is 0 Å². The second-order valence-corrected chi connectivity index (χ2v) is 3.33. The molecule has 1 fully saturated rings. The molecule has 0 aliphatic carbocycles. The lowest BCUT2D eigenvalue weighted by Gasteiger charge is -2.29. The Balaban J connectivity index is 2.07. The number of hydrogen-bond donors (Lipinski definition) is 1. The van der Waals surface area contributed by atoms with Gasteiger partial charge < -0.3 is 9.64 Å². The van der Waals surface area contributed by atoms with Crippen LogP contribution in [0.2, 0.25) is 0 Å². The van der Waals surface area contributed by atoms with Gasteiger partial charge in [-0.3, -0.25) is 5.32 Å². The molecule has 1 aromatic rings. The molecule has 0 amide bonds. The number of ether oxygens (including phenoxy) is 1. The molecule has 2 heterocycles. The van der Waals surface area contributed by atoms with E-state index >= 15 is 0 Å². The minimum absolute atomic E-state index is 0.665. The number of nitrogens with one attached hydrogen (secondary N) is 1. The number of anilines is 1. The van der Waals surface area contributed by atoms with E-state index in [4.69, 9.17) is 4.74 Å². The summed E-state index contributed by atoms with van der Waals surface area (Å²) in [6.45, 7) is 3.12. The molecule has 0 bridgehead atoms. The van der Waals surface area contributed by atoms with Crippen molar-refractivity contribution in [2.75, 3.05) is 31.8 Å². The molecule has 0 atom stereocenters. The molecule has 1 N–H and O–H groups in total. The molecule has 1 saturated heterocycles. The fraction of sp³-hybridized carbons (Fsp3) is 0.500. The van der Waals surface area contributed by atoms with Gasteiger partial charge in [0.05, 0.1) is 25.7 Å². The lowest BCUT2D eigenvalue weighted by atomic mass is 10.3. The van der Waals surface area contributed by atoms with Crippen LogP contribution in [-0.2, 0) is 0 Å². The SMILES string of the molecule is COc1ccc(N2CCCNC2)cn1. The largest absolute Gasteiger partial charge is 0.481 e. The van der Waals surface area contributed by atoms with Gasteiger partial charge in [-0.15, -0.1) is 0 Å². The highest BCUT2D eigenvalue weighted by atomic mass is 16.5. The minimum Gasteiger partial charge on any atom is -0.481 e. The van der Waals surface area contributed by atoms with Crippen molar-refractivity contribution in [1.29, 1.82) is 0 Å². The topological polar surface area (TPSA) is 37.4 Å². The van der Waals surface area contributed by atoms with Crippen LogP contribution in [0, 0.1) is 0 Å². The van der Waals surface area contributed by atoms with Crippen LogP contribution in [0.4, 0.5) is 5.69 Å². The lowest BCUT2D eigenvalue weighted by molar-refractivity contribution is 0.398. The second kappa shape index (κ2) is 4.28. The molecule has 1 aromatic heterocycles. The number of hydrogen-bond acceptors (Lipinski definition) is 4. The number of rotatable bonds is 2. The predicted octanol–water partition coefficient (Wildman–Crippen LogP) is 0.847. The highest BCUT2D eigenvalue weighted by Crippen LogP contribution is 2.16. The molecule has 1 aliphatic heterocycles. The van der Waals surface area contributed by atoms with E-state index in [-0.39, 0.29) is 0 Å². The van der Waals surface area contributed by atoms with Gasteiger partial charge in [-0.1, -0.05) is 0 Å². The van der Waals surface area contributed by atoms with Gasteiger partial charge in [-0.25, -0.2) is 4.98 Å². The second-order valence-electron chi connectivity index (χ2n) is 3.33. The van der Waals surface area contributed by atoms with Crippen molar-refractivity contribution in [1.82, 2.24) is 10.3 Å². The van der Waals surface area contributed by atoms with E-state index in [9.17, 15) is 0 Å². The molecular weight excluding hydrogens is 178 g/mol. The Kier molecular flexibility index (Phi) is 2.84. The van der Waals surface area contributed by atoms with Crippen molar-refractivity contribution in [2.24, 2.45) is 0 Å². The fourth-order valence-corrected chi connectivity index (χ4v) is 1.59.